The standard InChI is InChI=1S/C14H16FN/c15-13-6-5-10-8-12(4-3-11(10)9-13)14-2-1-7-16-14/h5-6,8-9,14,16H,1-4,7H2. The summed E-state index contributed by atoms with van der Waals surface area (Å²) in [6.45, 7) is 1.14. The van der Waals surface area contributed by atoms with E-state index in [-0.39, 0.29) is 5.82 Å². The van der Waals surface area contributed by atoms with Crippen LogP contribution in [0.5, 0.6) is 0 Å². The molecule has 1 aromatic rings. The number of nitrogens with one attached hydrogen (secondary N) is 1. The molecule has 1 fully saturated rings. The van der Waals surface area contributed by atoms with Gasteiger partial charge in [0.2, 0.25) is 0 Å². The second kappa shape index (κ2) is 4.02. The number of rotatable bonds is 1. The molecule has 1 aromatic carbocycles. The molecule has 1 saturated heterocycles. The highest BCUT2D eigenvalue weighted by Crippen LogP contribution is 2.28. The van der Waals surface area contributed by atoms with E-state index < -0.39 is 0 Å². The van der Waals surface area contributed by atoms with Gasteiger partial charge in [-0.3, -0.25) is 0 Å². The number of halogens is 1. The van der Waals surface area contributed by atoms with Crippen molar-refractivity contribution in [3.63, 3.8) is 0 Å². The second-order valence-corrected chi connectivity index (χ2v) is 4.71. The van der Waals surface area contributed by atoms with Gasteiger partial charge in [-0.05, 0) is 55.5 Å². The predicted molar refractivity (Wildman–Crippen MR) is 63.7 cm³/mol. The number of benzene rings is 1. The molecule has 1 aliphatic heterocycles. The lowest BCUT2D eigenvalue weighted by Gasteiger charge is -2.21. The summed E-state index contributed by atoms with van der Waals surface area (Å²) in [4.78, 5) is 0. The third-order valence-corrected chi connectivity index (χ3v) is 3.64. The van der Waals surface area contributed by atoms with Gasteiger partial charge in [0.25, 0.3) is 0 Å². The van der Waals surface area contributed by atoms with Gasteiger partial charge in [0.1, 0.15) is 5.82 Å². The molecule has 0 aromatic heterocycles. The maximum Gasteiger partial charge on any atom is 0.123 e. The van der Waals surface area contributed by atoms with Gasteiger partial charge in [0.15, 0.2) is 0 Å². The topological polar surface area (TPSA) is 12.0 Å². The van der Waals surface area contributed by atoms with Crippen LogP contribution in [0.25, 0.3) is 6.08 Å². The van der Waals surface area contributed by atoms with Crippen molar-refractivity contribution in [2.45, 2.75) is 31.7 Å². The molecule has 0 radical (unpaired) electrons. The smallest absolute Gasteiger partial charge is 0.123 e. The van der Waals surface area contributed by atoms with Gasteiger partial charge in [0.05, 0.1) is 0 Å². The normalized spacial score (nSPS) is 24.1. The maximum atomic E-state index is 13.1. The Morgan fingerprint density at radius 3 is 3.00 bits per heavy atom. The molecule has 2 aliphatic rings. The lowest BCUT2D eigenvalue weighted by molar-refractivity contribution is 0.621. The van der Waals surface area contributed by atoms with Crippen molar-refractivity contribution < 1.29 is 4.39 Å². The molecule has 0 spiro atoms. The Bertz CT molecular complexity index is 430. The summed E-state index contributed by atoms with van der Waals surface area (Å²) in [5.41, 5.74) is 3.86. The highest BCUT2D eigenvalue weighted by atomic mass is 19.1. The van der Waals surface area contributed by atoms with Crippen molar-refractivity contribution in [3.8, 4) is 0 Å². The maximum absolute atomic E-state index is 13.1. The minimum Gasteiger partial charge on any atom is -0.310 e. The van der Waals surface area contributed by atoms with E-state index in [2.05, 4.69) is 11.4 Å². The molecule has 84 valence electrons. The van der Waals surface area contributed by atoms with Crippen LogP contribution in [0.2, 0.25) is 0 Å². The lowest BCUT2D eigenvalue weighted by Crippen LogP contribution is -2.25. The quantitative estimate of drug-likeness (QED) is 0.762. The molecule has 1 N–H and O–H groups in total. The van der Waals surface area contributed by atoms with Crippen LogP contribution in [-0.2, 0) is 6.42 Å². The van der Waals surface area contributed by atoms with Crippen molar-refractivity contribution in [3.05, 3.63) is 40.7 Å². The summed E-state index contributed by atoms with van der Waals surface area (Å²) in [5.74, 6) is -0.116. The average Bonchev–Trinajstić information content (AvgIpc) is 2.82. The molecule has 1 aliphatic carbocycles. The molecule has 2 heteroatoms. The first-order valence-corrected chi connectivity index (χ1v) is 6.05. The molecule has 16 heavy (non-hydrogen) atoms. The van der Waals surface area contributed by atoms with E-state index in [0.29, 0.717) is 6.04 Å². The van der Waals surface area contributed by atoms with E-state index in [0.717, 1.165) is 24.9 Å². The number of hydrogen-bond donors (Lipinski definition) is 1. The van der Waals surface area contributed by atoms with Crippen LogP contribution in [0.4, 0.5) is 4.39 Å². The Morgan fingerprint density at radius 2 is 2.19 bits per heavy atom. The molecule has 1 heterocycles. The summed E-state index contributed by atoms with van der Waals surface area (Å²) in [5, 5.41) is 3.53. The van der Waals surface area contributed by atoms with Crippen molar-refractivity contribution in [2.75, 3.05) is 6.54 Å². The van der Waals surface area contributed by atoms with Crippen LogP contribution in [0, 0.1) is 5.82 Å². The van der Waals surface area contributed by atoms with Crippen LogP contribution in [0.15, 0.2) is 23.8 Å². The van der Waals surface area contributed by atoms with Crippen LogP contribution in [-0.4, -0.2) is 12.6 Å². The van der Waals surface area contributed by atoms with Crippen LogP contribution in [0.1, 0.15) is 30.4 Å². The molecule has 3 rings (SSSR count). The summed E-state index contributed by atoms with van der Waals surface area (Å²) in [6, 6.07) is 5.70. The average molecular weight is 217 g/mol. The lowest BCUT2D eigenvalue weighted by atomic mass is 9.88. The fourth-order valence-electron chi connectivity index (χ4n) is 2.76. The molecule has 0 bridgehead atoms. The number of fused-ring (bicyclic) bond motifs is 1. The minimum absolute atomic E-state index is 0.116. The summed E-state index contributed by atoms with van der Waals surface area (Å²) in [7, 11) is 0. The van der Waals surface area contributed by atoms with Crippen LogP contribution < -0.4 is 5.32 Å². The zero-order valence-electron chi connectivity index (χ0n) is 9.30. The fraction of sp³-hybridized carbons (Fsp3) is 0.429. The molecule has 1 nitrogen and oxygen atoms in total. The number of aryl methyl sites for hydroxylation is 1. The Labute approximate surface area is 95.4 Å². The first-order chi connectivity index (χ1) is 7.83. The molecular weight excluding hydrogens is 201 g/mol. The SMILES string of the molecule is Fc1ccc2c(c1)CCC(C1CCCN1)=C2. The zero-order valence-corrected chi connectivity index (χ0v) is 9.30. The van der Waals surface area contributed by atoms with E-state index in [1.165, 1.54) is 24.0 Å². The molecule has 1 unspecified atom stereocenters. The fourth-order valence-corrected chi connectivity index (χ4v) is 2.76. The van der Waals surface area contributed by atoms with E-state index >= 15 is 0 Å². The monoisotopic (exact) mass is 217 g/mol. The van der Waals surface area contributed by atoms with E-state index in [1.54, 1.807) is 12.1 Å². The zero-order chi connectivity index (χ0) is 11.0. The first kappa shape index (κ1) is 10.0. The van der Waals surface area contributed by atoms with E-state index in [9.17, 15) is 4.39 Å². The summed E-state index contributed by atoms with van der Waals surface area (Å²) >= 11 is 0. The molecule has 0 amide bonds. The van der Waals surface area contributed by atoms with Gasteiger partial charge < -0.3 is 5.32 Å². The second-order valence-electron chi connectivity index (χ2n) is 4.71. The molecule has 0 saturated carbocycles. The van der Waals surface area contributed by atoms with Crippen molar-refractivity contribution >= 4 is 6.08 Å². The molecular formula is C14H16FN. The first-order valence-electron chi connectivity index (χ1n) is 6.05. The Hall–Kier alpha value is -1.15. The Morgan fingerprint density at radius 1 is 1.25 bits per heavy atom. The van der Waals surface area contributed by atoms with Gasteiger partial charge in [-0.15, -0.1) is 0 Å². The van der Waals surface area contributed by atoms with Crippen LogP contribution in [0.3, 0.4) is 0 Å². The summed E-state index contributed by atoms with van der Waals surface area (Å²) in [6.07, 6.45) is 6.84. The van der Waals surface area contributed by atoms with Gasteiger partial charge in [-0.1, -0.05) is 17.7 Å². The highest BCUT2D eigenvalue weighted by molar-refractivity contribution is 5.60. The third-order valence-electron chi connectivity index (χ3n) is 3.64. The van der Waals surface area contributed by atoms with Gasteiger partial charge in [-0.2, -0.15) is 0 Å². The third kappa shape index (κ3) is 1.78. The van der Waals surface area contributed by atoms with E-state index in [4.69, 9.17) is 0 Å². The number of hydrogen-bond acceptors (Lipinski definition) is 1. The van der Waals surface area contributed by atoms with Crippen molar-refractivity contribution in [1.82, 2.24) is 5.32 Å². The summed E-state index contributed by atoms with van der Waals surface area (Å²) < 4.78 is 13.1. The van der Waals surface area contributed by atoms with Crippen molar-refractivity contribution in [1.29, 1.82) is 0 Å². The van der Waals surface area contributed by atoms with E-state index in [1.807, 2.05) is 6.07 Å². The van der Waals surface area contributed by atoms with Crippen LogP contribution >= 0.6 is 0 Å². The Kier molecular flexibility index (Phi) is 2.52. The highest BCUT2D eigenvalue weighted by Gasteiger charge is 2.21. The van der Waals surface area contributed by atoms with Gasteiger partial charge >= 0.3 is 0 Å². The minimum atomic E-state index is -0.116. The molecule has 1 atom stereocenters. The predicted octanol–water partition coefficient (Wildman–Crippen LogP) is 2.91. The van der Waals surface area contributed by atoms with Gasteiger partial charge in [-0.25, -0.2) is 4.39 Å². The largest absolute Gasteiger partial charge is 0.310 e. The van der Waals surface area contributed by atoms with Crippen molar-refractivity contribution in [2.24, 2.45) is 0 Å². The Balaban J connectivity index is 1.91. The van der Waals surface area contributed by atoms with Gasteiger partial charge in [0, 0.05) is 6.04 Å².